The molecule has 0 aliphatic carbocycles. The number of imidazole rings is 1. The number of hydrogen-bond donors (Lipinski definition) is 7. The van der Waals surface area contributed by atoms with Gasteiger partial charge < -0.3 is 35.1 Å². The monoisotopic (exact) mass is 657 g/mol. The van der Waals surface area contributed by atoms with E-state index in [-0.39, 0.29) is 17.1 Å². The number of fused-ring (bicyclic) bond motifs is 1. The maximum Gasteiger partial charge on any atom is 0.323 e. The van der Waals surface area contributed by atoms with Gasteiger partial charge in [0.25, 0.3) is 5.56 Å². The van der Waals surface area contributed by atoms with Gasteiger partial charge in [0.1, 0.15) is 18.2 Å². The number of aromatic amines is 1. The number of anilines is 1. The molecule has 244 valence electrons. The van der Waals surface area contributed by atoms with Gasteiger partial charge in [-0.15, -0.1) is 0 Å². The van der Waals surface area contributed by atoms with Gasteiger partial charge in [-0.1, -0.05) is 0 Å². The van der Waals surface area contributed by atoms with Crippen molar-refractivity contribution in [2.24, 2.45) is 5.92 Å². The quantitative estimate of drug-likeness (QED) is 0.0922. The first-order chi connectivity index (χ1) is 19.9. The predicted octanol–water partition coefficient (Wildman–Crippen LogP) is -0.104. The Kier molecular flexibility index (Phi) is 13.1. The first-order valence-corrected chi connectivity index (χ1v) is 15.8. The van der Waals surface area contributed by atoms with E-state index in [1.54, 1.807) is 27.7 Å². The largest absolute Gasteiger partial charge is 0.462 e. The van der Waals surface area contributed by atoms with Gasteiger partial charge in [-0.3, -0.25) is 23.9 Å². The molecule has 0 aromatic carbocycles. The Balaban J connectivity index is 2.30. The number of alkyl halides is 2. The van der Waals surface area contributed by atoms with E-state index in [0.717, 1.165) is 10.9 Å². The molecule has 0 saturated carbocycles. The predicted molar refractivity (Wildman–Crippen MR) is 153 cm³/mol. The number of hydrogen-bond acceptors (Lipinski definition) is 13. The summed E-state index contributed by atoms with van der Waals surface area (Å²) in [6, 6.07) is -2.23. The number of ether oxygens (including phenoxy) is 2. The Bertz CT molecular complexity index is 1330. The number of nitrogens with one attached hydrogen (secondary N) is 3. The van der Waals surface area contributed by atoms with E-state index >= 15 is 0 Å². The van der Waals surface area contributed by atoms with Crippen molar-refractivity contribution < 1.29 is 47.7 Å². The lowest BCUT2D eigenvalue weighted by molar-refractivity contribution is -0.149. The molecule has 2 heterocycles. The van der Waals surface area contributed by atoms with Gasteiger partial charge >= 0.3 is 11.9 Å². The van der Waals surface area contributed by atoms with Crippen molar-refractivity contribution in [3.63, 3.8) is 0 Å². The SMILES string of the molecule is CC(C)OC(=O)C(C)NP(=S)(NC(C)C(=O)OC(C)C)OCC(C(F)F)C(O)C(O)C(O)n1cnc2c(=O)[nH]c(N)nc21. The van der Waals surface area contributed by atoms with Crippen LogP contribution in [0.5, 0.6) is 0 Å². The fraction of sp³-hybridized carbons (Fsp3) is 0.696. The topological polar surface area (TPSA) is 236 Å². The Morgan fingerprint density at radius 2 is 1.56 bits per heavy atom. The lowest BCUT2D eigenvalue weighted by atomic mass is 9.98. The molecular formula is C23H38F2N7O9PS. The van der Waals surface area contributed by atoms with Crippen LogP contribution in [0.4, 0.5) is 14.7 Å². The molecule has 16 nitrogen and oxygen atoms in total. The highest BCUT2D eigenvalue weighted by atomic mass is 32.4. The molecule has 6 atom stereocenters. The Morgan fingerprint density at radius 1 is 1.05 bits per heavy atom. The second-order valence-electron chi connectivity index (χ2n) is 10.2. The fourth-order valence-electron chi connectivity index (χ4n) is 3.64. The zero-order chi connectivity index (χ0) is 32.8. The third kappa shape index (κ3) is 9.94. The van der Waals surface area contributed by atoms with Crippen LogP contribution in [0.1, 0.15) is 47.8 Å². The van der Waals surface area contributed by atoms with Crippen LogP contribution in [0.25, 0.3) is 11.2 Å². The number of esters is 2. The summed E-state index contributed by atoms with van der Waals surface area (Å²) in [7, 11) is 0. The number of rotatable bonds is 16. The first kappa shape index (κ1) is 36.6. The Morgan fingerprint density at radius 3 is 2.02 bits per heavy atom. The van der Waals surface area contributed by atoms with E-state index in [2.05, 4.69) is 25.1 Å². The van der Waals surface area contributed by atoms with Crippen LogP contribution in [0.15, 0.2) is 11.1 Å². The maximum atomic E-state index is 14.2. The molecule has 2 rings (SSSR count). The van der Waals surface area contributed by atoms with Gasteiger partial charge in [0.05, 0.1) is 37.2 Å². The molecule has 8 N–H and O–H groups in total. The minimum absolute atomic E-state index is 0.267. The van der Waals surface area contributed by atoms with E-state index in [1.165, 1.54) is 13.8 Å². The molecule has 2 aromatic rings. The molecule has 0 aliphatic heterocycles. The highest BCUT2D eigenvalue weighted by molar-refractivity contribution is 8.10. The van der Waals surface area contributed by atoms with E-state index < -0.39 is 85.7 Å². The summed E-state index contributed by atoms with van der Waals surface area (Å²) in [5.74, 6) is -3.97. The zero-order valence-corrected chi connectivity index (χ0v) is 26.0. The van der Waals surface area contributed by atoms with E-state index in [1.807, 2.05) is 0 Å². The number of nitrogens with two attached hydrogens (primary N) is 1. The lowest BCUT2D eigenvalue weighted by Gasteiger charge is -2.33. The van der Waals surface area contributed by atoms with E-state index in [0.29, 0.717) is 0 Å². The van der Waals surface area contributed by atoms with E-state index in [4.69, 9.17) is 31.5 Å². The van der Waals surface area contributed by atoms with Crippen LogP contribution >= 0.6 is 6.57 Å². The molecule has 0 aliphatic rings. The number of aliphatic hydroxyl groups is 3. The van der Waals surface area contributed by atoms with Crippen LogP contribution in [-0.4, -0.2) is 96.3 Å². The van der Waals surface area contributed by atoms with Crippen molar-refractivity contribution in [3.05, 3.63) is 16.7 Å². The molecule has 0 fully saturated rings. The molecule has 0 saturated heterocycles. The van der Waals surface area contributed by atoms with Gasteiger partial charge in [-0.25, -0.2) is 23.9 Å². The number of carbonyl (C=O) groups excluding carboxylic acids is 2. The summed E-state index contributed by atoms with van der Waals surface area (Å²) in [5.41, 5.74) is 4.21. The van der Waals surface area contributed by atoms with Gasteiger partial charge in [-0.2, -0.15) is 4.98 Å². The summed E-state index contributed by atoms with van der Waals surface area (Å²) in [4.78, 5) is 46.6. The number of nitrogens with zero attached hydrogens (tertiary/aromatic N) is 3. The van der Waals surface area contributed by atoms with Crippen LogP contribution in [-0.2, 0) is 35.4 Å². The second-order valence-corrected chi connectivity index (χ2v) is 13.6. The van der Waals surface area contributed by atoms with Crippen molar-refractivity contribution >= 4 is 47.4 Å². The number of aromatic nitrogens is 4. The number of halogens is 2. The molecule has 0 bridgehead atoms. The molecule has 0 amide bonds. The minimum Gasteiger partial charge on any atom is -0.462 e. The number of nitrogen functional groups attached to an aromatic ring is 1. The minimum atomic E-state index is -3.74. The fourth-order valence-corrected chi connectivity index (χ4v) is 6.61. The lowest BCUT2D eigenvalue weighted by Crippen LogP contribution is -2.46. The number of aliphatic hydroxyl groups excluding tert-OH is 3. The van der Waals surface area contributed by atoms with Crippen molar-refractivity contribution in [1.82, 2.24) is 29.7 Å². The molecular weight excluding hydrogens is 619 g/mol. The summed E-state index contributed by atoms with van der Waals surface area (Å²) in [6.45, 7) is 4.48. The highest BCUT2D eigenvalue weighted by Gasteiger charge is 2.40. The van der Waals surface area contributed by atoms with Crippen molar-refractivity contribution in [3.8, 4) is 0 Å². The summed E-state index contributed by atoms with van der Waals surface area (Å²) >= 11 is 5.52. The highest BCUT2D eigenvalue weighted by Crippen LogP contribution is 2.41. The van der Waals surface area contributed by atoms with Crippen LogP contribution < -0.4 is 21.5 Å². The van der Waals surface area contributed by atoms with E-state index in [9.17, 15) is 38.5 Å². The Hall–Kier alpha value is -2.64. The van der Waals surface area contributed by atoms with Crippen molar-refractivity contribution in [1.29, 1.82) is 0 Å². The molecule has 0 spiro atoms. The normalized spacial score (nSPS) is 17.8. The van der Waals surface area contributed by atoms with Gasteiger partial charge in [0, 0.05) is 0 Å². The van der Waals surface area contributed by atoms with Crippen LogP contribution in [0.3, 0.4) is 0 Å². The molecule has 2 aromatic heterocycles. The number of carbonyl (C=O) groups is 2. The zero-order valence-electron chi connectivity index (χ0n) is 24.3. The van der Waals surface area contributed by atoms with Gasteiger partial charge in [0.15, 0.2) is 24.0 Å². The van der Waals surface area contributed by atoms with Crippen molar-refractivity contribution in [2.45, 2.75) is 90.7 Å². The first-order valence-electron chi connectivity index (χ1n) is 13.1. The average Bonchev–Trinajstić information content (AvgIpc) is 3.30. The molecule has 43 heavy (non-hydrogen) atoms. The average molecular weight is 658 g/mol. The summed E-state index contributed by atoms with van der Waals surface area (Å²) < 4.78 is 45.0. The molecule has 0 radical (unpaired) electrons. The number of H-pyrrole nitrogens is 1. The standard InChI is InChI=1S/C23H38F2N7O9PS/c1-9(2)40-21(37)11(5)30-42(43,31-12(6)22(38)41-10(3)4)39-7-13(17(24)25)15(33)16(34)20(36)32-8-27-14-18(32)28-23(26)29-19(14)35/h8-13,15-17,20,33-34,36H,7H2,1-6H3,(H2,30,31,43)(H3,26,28,29,35). The molecule has 6 unspecified atom stereocenters. The summed E-state index contributed by atoms with van der Waals surface area (Å²) in [5, 5.41) is 37.4. The van der Waals surface area contributed by atoms with Gasteiger partial charge in [0.2, 0.25) is 12.4 Å². The maximum absolute atomic E-state index is 14.2. The third-order valence-corrected chi connectivity index (χ3v) is 8.66. The van der Waals surface area contributed by atoms with Crippen LogP contribution in [0.2, 0.25) is 0 Å². The smallest absolute Gasteiger partial charge is 0.323 e. The third-order valence-electron chi connectivity index (χ3n) is 5.74. The summed E-state index contributed by atoms with van der Waals surface area (Å²) in [6.07, 6.45) is -10.1. The van der Waals surface area contributed by atoms with Crippen LogP contribution in [0, 0.1) is 5.92 Å². The second kappa shape index (κ2) is 15.4. The van der Waals surface area contributed by atoms with Crippen molar-refractivity contribution in [2.75, 3.05) is 12.3 Å². The Labute approximate surface area is 250 Å². The molecule has 20 heteroatoms. The van der Waals surface area contributed by atoms with Gasteiger partial charge in [-0.05, 0) is 53.3 Å².